The summed E-state index contributed by atoms with van der Waals surface area (Å²) in [6.07, 6.45) is 1.30. The molecule has 0 fully saturated rings. The van der Waals surface area contributed by atoms with Crippen LogP contribution >= 0.6 is 11.6 Å². The average Bonchev–Trinajstić information content (AvgIpc) is 2.76. The fourth-order valence-electron chi connectivity index (χ4n) is 2.22. The number of fused-ring (bicyclic) bond motifs is 1. The Bertz CT molecular complexity index is 880. The van der Waals surface area contributed by atoms with Crippen molar-refractivity contribution in [3.05, 3.63) is 62.8 Å². The van der Waals surface area contributed by atoms with Crippen molar-refractivity contribution in [2.24, 2.45) is 0 Å². The van der Waals surface area contributed by atoms with Crippen molar-refractivity contribution < 1.29 is 4.79 Å². The second kappa shape index (κ2) is 4.61. The smallest absolute Gasteiger partial charge is 0.260 e. The summed E-state index contributed by atoms with van der Waals surface area (Å²) >= 11 is 6.05. The molecule has 100 valence electrons. The number of carbonyl (C=O) groups excluding carboxylic acids is 1. The van der Waals surface area contributed by atoms with Crippen LogP contribution in [0.5, 0.6) is 0 Å². The van der Waals surface area contributed by atoms with Gasteiger partial charge in [-0.15, -0.1) is 0 Å². The lowest BCUT2D eigenvalue weighted by atomic mass is 10.0. The molecule has 0 atom stereocenters. The molecule has 0 bridgehead atoms. The monoisotopic (exact) mass is 287 g/mol. The first-order valence-electron chi connectivity index (χ1n) is 5.95. The average molecular weight is 288 g/mol. The van der Waals surface area contributed by atoms with Gasteiger partial charge in [0.25, 0.3) is 5.56 Å². The van der Waals surface area contributed by atoms with Gasteiger partial charge in [0, 0.05) is 11.3 Å². The van der Waals surface area contributed by atoms with Gasteiger partial charge >= 0.3 is 0 Å². The van der Waals surface area contributed by atoms with E-state index in [1.807, 2.05) is 0 Å². The van der Waals surface area contributed by atoms with Crippen LogP contribution in [0.1, 0.15) is 21.6 Å². The summed E-state index contributed by atoms with van der Waals surface area (Å²) in [5.74, 6) is -0.294. The molecule has 0 aliphatic rings. The molecule has 0 saturated carbocycles. The highest BCUT2D eigenvalue weighted by Crippen LogP contribution is 2.24. The molecule has 0 spiro atoms. The quantitative estimate of drug-likeness (QED) is 0.711. The Morgan fingerprint density at radius 3 is 2.80 bits per heavy atom. The van der Waals surface area contributed by atoms with Crippen LogP contribution in [0, 0.1) is 6.92 Å². The van der Waals surface area contributed by atoms with Crippen molar-refractivity contribution >= 4 is 28.4 Å². The van der Waals surface area contributed by atoms with E-state index in [0.717, 1.165) is 0 Å². The molecule has 3 rings (SSSR count). The lowest BCUT2D eigenvalue weighted by Gasteiger charge is -2.03. The van der Waals surface area contributed by atoms with Crippen LogP contribution in [0.15, 0.2) is 35.4 Å². The summed E-state index contributed by atoms with van der Waals surface area (Å²) in [5.41, 5.74) is 1.30. The lowest BCUT2D eigenvalue weighted by Crippen LogP contribution is -2.11. The Morgan fingerprint density at radius 2 is 2.05 bits per heavy atom. The fourth-order valence-corrected chi connectivity index (χ4v) is 2.44. The standard InChI is InChI=1S/C14H10ClN3O2/c1-7-10(11-13(18-7)16-6-17-14(11)20)12(19)8-4-2-3-5-9(8)15/h2-6H,1H3,(H2,16,17,18,20). The first-order valence-corrected chi connectivity index (χ1v) is 6.32. The van der Waals surface area contributed by atoms with Gasteiger partial charge in [-0.2, -0.15) is 0 Å². The van der Waals surface area contributed by atoms with Crippen molar-refractivity contribution in [1.82, 2.24) is 15.0 Å². The number of ketones is 1. The van der Waals surface area contributed by atoms with Crippen LogP contribution in [-0.4, -0.2) is 20.7 Å². The molecule has 2 heterocycles. The van der Waals surface area contributed by atoms with Crippen molar-refractivity contribution in [2.45, 2.75) is 6.92 Å². The number of H-pyrrole nitrogens is 2. The summed E-state index contributed by atoms with van der Waals surface area (Å²) in [4.78, 5) is 34.0. The van der Waals surface area contributed by atoms with E-state index in [4.69, 9.17) is 11.6 Å². The minimum atomic E-state index is -0.352. The highest BCUT2D eigenvalue weighted by molar-refractivity contribution is 6.35. The Hall–Kier alpha value is -2.40. The Balaban J connectivity index is 2.30. The molecule has 0 radical (unpaired) electrons. The van der Waals surface area contributed by atoms with Crippen molar-refractivity contribution in [2.75, 3.05) is 0 Å². The number of aryl methyl sites for hydroxylation is 1. The predicted molar refractivity (Wildman–Crippen MR) is 76.3 cm³/mol. The molecule has 20 heavy (non-hydrogen) atoms. The number of benzene rings is 1. The third kappa shape index (κ3) is 1.83. The predicted octanol–water partition coefficient (Wildman–Crippen LogP) is 2.44. The Labute approximate surface area is 118 Å². The molecule has 1 aromatic carbocycles. The maximum absolute atomic E-state index is 12.6. The number of nitrogens with zero attached hydrogens (tertiary/aromatic N) is 1. The van der Waals surface area contributed by atoms with E-state index in [0.29, 0.717) is 27.5 Å². The number of hydrogen-bond acceptors (Lipinski definition) is 3. The van der Waals surface area contributed by atoms with Gasteiger partial charge in [-0.1, -0.05) is 23.7 Å². The summed E-state index contributed by atoms with van der Waals surface area (Å²) in [6, 6.07) is 6.75. The number of aromatic amines is 2. The van der Waals surface area contributed by atoms with Gasteiger partial charge in [0.2, 0.25) is 0 Å². The zero-order valence-electron chi connectivity index (χ0n) is 10.5. The van der Waals surface area contributed by atoms with Gasteiger partial charge in [-0.25, -0.2) is 4.98 Å². The number of rotatable bonds is 2. The van der Waals surface area contributed by atoms with Crippen LogP contribution in [0.3, 0.4) is 0 Å². The van der Waals surface area contributed by atoms with Crippen LogP contribution in [0.25, 0.3) is 11.0 Å². The maximum atomic E-state index is 12.6. The van der Waals surface area contributed by atoms with Gasteiger partial charge in [-0.05, 0) is 19.1 Å². The number of aromatic nitrogens is 3. The zero-order valence-corrected chi connectivity index (χ0v) is 11.3. The molecule has 0 unspecified atom stereocenters. The second-order valence-electron chi connectivity index (χ2n) is 4.39. The van der Waals surface area contributed by atoms with Crippen LogP contribution in [0.2, 0.25) is 5.02 Å². The molecule has 2 aromatic heterocycles. The van der Waals surface area contributed by atoms with Crippen molar-refractivity contribution in [3.8, 4) is 0 Å². The van der Waals surface area contributed by atoms with Crippen molar-refractivity contribution in [1.29, 1.82) is 0 Å². The van der Waals surface area contributed by atoms with Gasteiger partial charge in [0.15, 0.2) is 5.78 Å². The molecule has 3 aromatic rings. The Morgan fingerprint density at radius 1 is 1.30 bits per heavy atom. The topological polar surface area (TPSA) is 78.6 Å². The van der Waals surface area contributed by atoms with E-state index in [1.165, 1.54) is 6.33 Å². The minimum Gasteiger partial charge on any atom is -0.343 e. The molecule has 6 heteroatoms. The second-order valence-corrected chi connectivity index (χ2v) is 4.80. The first kappa shape index (κ1) is 12.6. The van der Waals surface area contributed by atoms with Gasteiger partial charge in [-0.3, -0.25) is 9.59 Å². The van der Waals surface area contributed by atoms with E-state index in [-0.39, 0.29) is 16.7 Å². The minimum absolute atomic E-state index is 0.259. The highest BCUT2D eigenvalue weighted by atomic mass is 35.5. The number of halogens is 1. The van der Waals surface area contributed by atoms with E-state index >= 15 is 0 Å². The molecular formula is C14H10ClN3O2. The summed E-state index contributed by atoms with van der Waals surface area (Å²) in [6.45, 7) is 1.73. The van der Waals surface area contributed by atoms with Crippen LogP contribution < -0.4 is 5.56 Å². The van der Waals surface area contributed by atoms with Gasteiger partial charge in [0.1, 0.15) is 5.65 Å². The number of hydrogen-bond donors (Lipinski definition) is 2. The van der Waals surface area contributed by atoms with Crippen LogP contribution in [0.4, 0.5) is 0 Å². The number of carbonyl (C=O) groups is 1. The summed E-state index contributed by atoms with van der Waals surface area (Å²) in [7, 11) is 0. The summed E-state index contributed by atoms with van der Waals surface area (Å²) < 4.78 is 0. The zero-order chi connectivity index (χ0) is 14.3. The van der Waals surface area contributed by atoms with E-state index in [9.17, 15) is 9.59 Å². The van der Waals surface area contributed by atoms with Crippen molar-refractivity contribution in [3.63, 3.8) is 0 Å². The molecule has 0 aliphatic carbocycles. The molecule has 0 saturated heterocycles. The van der Waals surface area contributed by atoms with Gasteiger partial charge < -0.3 is 9.97 Å². The third-order valence-electron chi connectivity index (χ3n) is 3.13. The molecular weight excluding hydrogens is 278 g/mol. The molecule has 0 amide bonds. The largest absolute Gasteiger partial charge is 0.343 e. The molecule has 5 nitrogen and oxygen atoms in total. The SMILES string of the molecule is Cc1[nH]c2nc[nH]c(=O)c2c1C(=O)c1ccccc1Cl. The number of nitrogens with one attached hydrogen (secondary N) is 2. The lowest BCUT2D eigenvalue weighted by molar-refractivity contribution is 0.104. The van der Waals surface area contributed by atoms with Gasteiger partial charge in [0.05, 0.1) is 22.3 Å². The third-order valence-corrected chi connectivity index (χ3v) is 3.46. The Kier molecular flexibility index (Phi) is 2.91. The molecule has 0 aliphatic heterocycles. The van der Waals surface area contributed by atoms with Crippen LogP contribution in [-0.2, 0) is 0 Å². The first-order chi connectivity index (χ1) is 9.59. The maximum Gasteiger partial charge on any atom is 0.260 e. The normalized spacial score (nSPS) is 10.9. The fraction of sp³-hybridized carbons (Fsp3) is 0.0714. The summed E-state index contributed by atoms with van der Waals surface area (Å²) in [5, 5.41) is 0.612. The van der Waals surface area contributed by atoms with E-state index in [2.05, 4.69) is 15.0 Å². The van der Waals surface area contributed by atoms with E-state index in [1.54, 1.807) is 31.2 Å². The molecule has 2 N–H and O–H groups in total. The van der Waals surface area contributed by atoms with E-state index < -0.39 is 0 Å². The highest BCUT2D eigenvalue weighted by Gasteiger charge is 2.21.